The number of oxazole rings is 1. The second-order valence-electron chi connectivity index (χ2n) is 4.18. The number of benzene rings is 1. The first kappa shape index (κ1) is 13.1. The van der Waals surface area contributed by atoms with E-state index < -0.39 is 0 Å². The summed E-state index contributed by atoms with van der Waals surface area (Å²) in [6.07, 6.45) is 1.53. The number of hydrogen-bond donors (Lipinski definition) is 1. The predicted molar refractivity (Wildman–Crippen MR) is 72.9 cm³/mol. The molecule has 1 aromatic carbocycles. The molecule has 5 heteroatoms. The van der Waals surface area contributed by atoms with E-state index in [9.17, 15) is 4.79 Å². The number of carbonyl (C=O) groups excluding carboxylic acids is 1. The fourth-order valence-electron chi connectivity index (χ4n) is 1.70. The fraction of sp³-hybridized carbons (Fsp3) is 0.286. The molecule has 1 heterocycles. The third-order valence-corrected chi connectivity index (χ3v) is 2.59. The Labute approximate surface area is 112 Å². The van der Waals surface area contributed by atoms with Crippen molar-refractivity contribution in [3.8, 4) is 0 Å². The monoisotopic (exact) mass is 259 g/mol. The molecule has 1 aromatic heterocycles. The van der Waals surface area contributed by atoms with Crippen LogP contribution in [0, 0.1) is 6.92 Å². The summed E-state index contributed by atoms with van der Waals surface area (Å²) in [5, 5.41) is 2.76. The van der Waals surface area contributed by atoms with Gasteiger partial charge in [-0.05, 0) is 19.4 Å². The van der Waals surface area contributed by atoms with Gasteiger partial charge < -0.3 is 9.73 Å². The maximum Gasteiger partial charge on any atom is 0.325 e. The van der Waals surface area contributed by atoms with E-state index in [1.165, 1.54) is 11.2 Å². The van der Waals surface area contributed by atoms with Crippen LogP contribution >= 0.6 is 0 Å². The zero-order valence-electron chi connectivity index (χ0n) is 11.1. The lowest BCUT2D eigenvalue weighted by atomic mass is 10.2. The molecule has 0 aliphatic heterocycles. The number of carbonyl (C=O) groups is 1. The highest BCUT2D eigenvalue weighted by atomic mass is 16.4. The van der Waals surface area contributed by atoms with Gasteiger partial charge in [-0.3, -0.25) is 0 Å². The lowest BCUT2D eigenvalue weighted by Gasteiger charge is -2.18. The molecule has 19 heavy (non-hydrogen) atoms. The first-order valence-electron chi connectivity index (χ1n) is 6.22. The van der Waals surface area contributed by atoms with Crippen molar-refractivity contribution in [1.29, 1.82) is 0 Å². The van der Waals surface area contributed by atoms with Crippen molar-refractivity contribution in [2.24, 2.45) is 0 Å². The first-order chi connectivity index (χ1) is 9.20. The SMILES string of the molecule is CCNC(=O)N(Cc1ccccc1)c1nc(C)co1. The second kappa shape index (κ2) is 6.04. The van der Waals surface area contributed by atoms with E-state index in [0.29, 0.717) is 19.1 Å². The van der Waals surface area contributed by atoms with Crippen molar-refractivity contribution in [1.82, 2.24) is 10.3 Å². The second-order valence-corrected chi connectivity index (χ2v) is 4.18. The number of amides is 2. The van der Waals surface area contributed by atoms with Gasteiger partial charge in [-0.15, -0.1) is 0 Å². The molecule has 0 unspecified atom stereocenters. The van der Waals surface area contributed by atoms with Crippen molar-refractivity contribution in [3.63, 3.8) is 0 Å². The molecule has 2 rings (SSSR count). The highest BCUT2D eigenvalue weighted by Gasteiger charge is 2.19. The number of hydrogen-bond acceptors (Lipinski definition) is 3. The molecule has 100 valence electrons. The number of anilines is 1. The molecule has 0 radical (unpaired) electrons. The molecule has 2 aromatic rings. The molecule has 1 N–H and O–H groups in total. The lowest BCUT2D eigenvalue weighted by molar-refractivity contribution is 0.245. The smallest absolute Gasteiger partial charge is 0.325 e. The summed E-state index contributed by atoms with van der Waals surface area (Å²) in [6, 6.07) is 9.83. The van der Waals surface area contributed by atoms with Gasteiger partial charge in [0.15, 0.2) is 0 Å². The lowest BCUT2D eigenvalue weighted by Crippen LogP contribution is -2.39. The number of rotatable bonds is 4. The summed E-state index contributed by atoms with van der Waals surface area (Å²) >= 11 is 0. The summed E-state index contributed by atoms with van der Waals surface area (Å²) in [4.78, 5) is 17.8. The molecule has 0 bridgehead atoms. The number of nitrogens with zero attached hydrogens (tertiary/aromatic N) is 2. The molecule has 0 fully saturated rings. The van der Waals surface area contributed by atoms with Crippen molar-refractivity contribution in [2.75, 3.05) is 11.4 Å². The Bertz CT molecular complexity index is 537. The zero-order chi connectivity index (χ0) is 13.7. The Kier molecular flexibility index (Phi) is 4.18. The summed E-state index contributed by atoms with van der Waals surface area (Å²) in [5.74, 6) is 0. The van der Waals surface area contributed by atoms with Gasteiger partial charge >= 0.3 is 12.0 Å². The van der Waals surface area contributed by atoms with Crippen molar-refractivity contribution in [3.05, 3.63) is 47.9 Å². The van der Waals surface area contributed by atoms with Crippen molar-refractivity contribution < 1.29 is 9.21 Å². The normalized spacial score (nSPS) is 10.2. The van der Waals surface area contributed by atoms with E-state index in [0.717, 1.165) is 11.3 Å². The van der Waals surface area contributed by atoms with Gasteiger partial charge in [-0.25, -0.2) is 9.69 Å². The van der Waals surface area contributed by atoms with Gasteiger partial charge in [0.1, 0.15) is 6.26 Å². The Morgan fingerprint density at radius 3 is 2.68 bits per heavy atom. The van der Waals surface area contributed by atoms with Crippen LogP contribution in [-0.4, -0.2) is 17.6 Å². The standard InChI is InChI=1S/C14H17N3O2/c1-3-15-13(18)17(14-16-11(2)10-19-14)9-12-7-5-4-6-8-12/h4-8,10H,3,9H2,1-2H3,(H,15,18). The molecular formula is C14H17N3O2. The van der Waals surface area contributed by atoms with Gasteiger partial charge in [-0.1, -0.05) is 30.3 Å². The Morgan fingerprint density at radius 2 is 2.11 bits per heavy atom. The third-order valence-electron chi connectivity index (χ3n) is 2.59. The van der Waals surface area contributed by atoms with E-state index in [4.69, 9.17) is 4.42 Å². The van der Waals surface area contributed by atoms with Crippen LogP contribution in [0.2, 0.25) is 0 Å². The Balaban J connectivity index is 2.22. The molecular weight excluding hydrogens is 242 g/mol. The van der Waals surface area contributed by atoms with Crippen LogP contribution in [0.5, 0.6) is 0 Å². The van der Waals surface area contributed by atoms with Crippen LogP contribution in [0.1, 0.15) is 18.2 Å². The summed E-state index contributed by atoms with van der Waals surface area (Å²) in [5.41, 5.74) is 1.77. The molecule has 0 spiro atoms. The van der Waals surface area contributed by atoms with Crippen LogP contribution in [0.25, 0.3) is 0 Å². The first-order valence-corrected chi connectivity index (χ1v) is 6.22. The third kappa shape index (κ3) is 3.34. The average Bonchev–Trinajstić information content (AvgIpc) is 2.84. The molecule has 0 aliphatic rings. The van der Waals surface area contributed by atoms with E-state index in [1.807, 2.05) is 44.2 Å². The molecule has 0 saturated carbocycles. The summed E-state index contributed by atoms with van der Waals surface area (Å²) < 4.78 is 5.32. The van der Waals surface area contributed by atoms with Crippen LogP contribution in [-0.2, 0) is 6.54 Å². The molecule has 0 atom stereocenters. The van der Waals surface area contributed by atoms with E-state index in [1.54, 1.807) is 0 Å². The highest BCUT2D eigenvalue weighted by molar-refractivity contribution is 5.89. The fourth-order valence-corrected chi connectivity index (χ4v) is 1.70. The zero-order valence-corrected chi connectivity index (χ0v) is 11.1. The van der Waals surface area contributed by atoms with Crippen molar-refractivity contribution >= 4 is 12.0 Å². The number of urea groups is 1. The predicted octanol–water partition coefficient (Wildman–Crippen LogP) is 2.72. The maximum atomic E-state index is 12.1. The number of nitrogens with one attached hydrogen (secondary N) is 1. The van der Waals surface area contributed by atoms with Gasteiger partial charge in [0.2, 0.25) is 0 Å². The van der Waals surface area contributed by atoms with Gasteiger partial charge in [0.25, 0.3) is 0 Å². The Morgan fingerprint density at radius 1 is 1.37 bits per heavy atom. The number of aryl methyl sites for hydroxylation is 1. The van der Waals surface area contributed by atoms with E-state index in [-0.39, 0.29) is 6.03 Å². The van der Waals surface area contributed by atoms with Gasteiger partial charge in [0, 0.05) is 6.54 Å². The maximum absolute atomic E-state index is 12.1. The minimum absolute atomic E-state index is 0.215. The van der Waals surface area contributed by atoms with Crippen LogP contribution in [0.15, 0.2) is 41.0 Å². The van der Waals surface area contributed by atoms with E-state index >= 15 is 0 Å². The quantitative estimate of drug-likeness (QED) is 0.918. The van der Waals surface area contributed by atoms with Gasteiger partial charge in [-0.2, -0.15) is 4.98 Å². The molecule has 2 amide bonds. The Hall–Kier alpha value is -2.30. The minimum Gasteiger partial charge on any atom is -0.431 e. The summed E-state index contributed by atoms with van der Waals surface area (Å²) in [7, 11) is 0. The minimum atomic E-state index is -0.215. The topological polar surface area (TPSA) is 58.4 Å². The summed E-state index contributed by atoms with van der Waals surface area (Å²) in [6.45, 7) is 4.68. The van der Waals surface area contributed by atoms with Crippen molar-refractivity contribution in [2.45, 2.75) is 20.4 Å². The molecule has 0 aliphatic carbocycles. The van der Waals surface area contributed by atoms with Crippen LogP contribution in [0.4, 0.5) is 10.8 Å². The van der Waals surface area contributed by atoms with E-state index in [2.05, 4.69) is 10.3 Å². The average molecular weight is 259 g/mol. The highest BCUT2D eigenvalue weighted by Crippen LogP contribution is 2.16. The van der Waals surface area contributed by atoms with Gasteiger partial charge in [0.05, 0.1) is 12.2 Å². The molecule has 5 nitrogen and oxygen atoms in total. The molecule has 0 saturated heterocycles. The van der Waals surface area contributed by atoms with Crippen LogP contribution < -0.4 is 10.2 Å². The van der Waals surface area contributed by atoms with Crippen LogP contribution in [0.3, 0.4) is 0 Å². The number of aromatic nitrogens is 1. The largest absolute Gasteiger partial charge is 0.431 e.